The molecule has 1 rings (SSSR count). The van der Waals surface area contributed by atoms with Gasteiger partial charge < -0.3 is 5.32 Å². The fourth-order valence-corrected chi connectivity index (χ4v) is 1.92. The molecule has 15 heavy (non-hydrogen) atoms. The molecule has 0 saturated heterocycles. The molecule has 0 aliphatic heterocycles. The molecule has 1 aromatic carbocycles. The summed E-state index contributed by atoms with van der Waals surface area (Å²) in [6.45, 7) is 5.22. The van der Waals surface area contributed by atoms with Crippen molar-refractivity contribution in [2.24, 2.45) is 5.92 Å². The highest BCUT2D eigenvalue weighted by Gasteiger charge is 2.18. The standard InChI is InChI=1S/C13H20FN/c1-10(2)11(8-9-15-3)12-6-4-5-7-13(12)14/h4-7,10-11,15H,8-9H2,1-3H3. The van der Waals surface area contributed by atoms with Crippen LogP contribution in [0, 0.1) is 11.7 Å². The average molecular weight is 209 g/mol. The number of benzene rings is 1. The Labute approximate surface area is 91.7 Å². The highest BCUT2D eigenvalue weighted by atomic mass is 19.1. The quantitative estimate of drug-likeness (QED) is 0.785. The lowest BCUT2D eigenvalue weighted by atomic mass is 9.85. The zero-order valence-corrected chi connectivity index (χ0v) is 9.76. The lowest BCUT2D eigenvalue weighted by Crippen LogP contribution is -2.16. The molecular weight excluding hydrogens is 189 g/mol. The van der Waals surface area contributed by atoms with Crippen molar-refractivity contribution in [2.45, 2.75) is 26.2 Å². The number of rotatable bonds is 5. The van der Waals surface area contributed by atoms with Crippen LogP contribution in [0.5, 0.6) is 0 Å². The minimum atomic E-state index is -0.0766. The van der Waals surface area contributed by atoms with Crippen molar-refractivity contribution in [2.75, 3.05) is 13.6 Å². The van der Waals surface area contributed by atoms with Gasteiger partial charge in [-0.1, -0.05) is 32.0 Å². The first kappa shape index (κ1) is 12.2. The number of hydrogen-bond donors (Lipinski definition) is 1. The van der Waals surface area contributed by atoms with Gasteiger partial charge in [0.05, 0.1) is 0 Å². The Morgan fingerprint density at radius 3 is 2.47 bits per heavy atom. The maximum Gasteiger partial charge on any atom is 0.126 e. The Balaban J connectivity index is 2.84. The molecule has 0 aliphatic rings. The summed E-state index contributed by atoms with van der Waals surface area (Å²) in [5.74, 6) is 0.696. The van der Waals surface area contributed by atoms with Crippen molar-refractivity contribution in [3.63, 3.8) is 0 Å². The van der Waals surface area contributed by atoms with Gasteiger partial charge in [-0.2, -0.15) is 0 Å². The molecule has 0 fully saturated rings. The lowest BCUT2D eigenvalue weighted by molar-refractivity contribution is 0.441. The van der Waals surface area contributed by atoms with Crippen molar-refractivity contribution in [1.29, 1.82) is 0 Å². The van der Waals surface area contributed by atoms with Crippen LogP contribution in [0.1, 0.15) is 31.7 Å². The average Bonchev–Trinajstić information content (AvgIpc) is 2.20. The smallest absolute Gasteiger partial charge is 0.126 e. The predicted octanol–water partition coefficient (Wildman–Crippen LogP) is 3.17. The van der Waals surface area contributed by atoms with Crippen LogP contribution >= 0.6 is 0 Å². The summed E-state index contributed by atoms with van der Waals surface area (Å²) < 4.78 is 13.6. The van der Waals surface area contributed by atoms with Gasteiger partial charge in [0.2, 0.25) is 0 Å². The first-order valence-corrected chi connectivity index (χ1v) is 5.55. The Hall–Kier alpha value is -0.890. The molecule has 1 unspecified atom stereocenters. The van der Waals surface area contributed by atoms with Crippen LogP contribution < -0.4 is 5.32 Å². The van der Waals surface area contributed by atoms with E-state index in [1.807, 2.05) is 19.2 Å². The molecule has 0 spiro atoms. The summed E-state index contributed by atoms with van der Waals surface area (Å²) in [6.07, 6.45) is 0.981. The SMILES string of the molecule is CNCCC(c1ccccc1F)C(C)C. The zero-order chi connectivity index (χ0) is 11.3. The van der Waals surface area contributed by atoms with Gasteiger partial charge in [0.25, 0.3) is 0 Å². The van der Waals surface area contributed by atoms with Gasteiger partial charge in [-0.05, 0) is 43.5 Å². The fraction of sp³-hybridized carbons (Fsp3) is 0.538. The second kappa shape index (κ2) is 5.86. The van der Waals surface area contributed by atoms with Gasteiger partial charge in [-0.15, -0.1) is 0 Å². The molecule has 0 aromatic heterocycles. The number of halogens is 1. The largest absolute Gasteiger partial charge is 0.320 e. The second-order valence-electron chi connectivity index (χ2n) is 4.26. The van der Waals surface area contributed by atoms with Crippen molar-refractivity contribution < 1.29 is 4.39 Å². The van der Waals surface area contributed by atoms with Crippen molar-refractivity contribution >= 4 is 0 Å². The van der Waals surface area contributed by atoms with Gasteiger partial charge in [0.1, 0.15) is 5.82 Å². The molecule has 0 bridgehead atoms. The van der Waals surface area contributed by atoms with Crippen LogP contribution in [0.25, 0.3) is 0 Å². The van der Waals surface area contributed by atoms with Gasteiger partial charge >= 0.3 is 0 Å². The highest BCUT2D eigenvalue weighted by Crippen LogP contribution is 2.29. The van der Waals surface area contributed by atoms with E-state index in [4.69, 9.17) is 0 Å². The first-order valence-electron chi connectivity index (χ1n) is 5.55. The van der Waals surface area contributed by atoms with Crippen molar-refractivity contribution in [1.82, 2.24) is 5.32 Å². The van der Waals surface area contributed by atoms with Gasteiger partial charge in [0.15, 0.2) is 0 Å². The van der Waals surface area contributed by atoms with E-state index in [0.29, 0.717) is 11.8 Å². The third kappa shape index (κ3) is 3.31. The minimum absolute atomic E-state index is 0.0766. The Morgan fingerprint density at radius 2 is 1.93 bits per heavy atom. The normalized spacial score (nSPS) is 13.1. The van der Waals surface area contributed by atoms with Gasteiger partial charge in [-0.3, -0.25) is 0 Å². The molecule has 84 valence electrons. The Kier molecular flexibility index (Phi) is 4.76. The molecule has 0 saturated carbocycles. The highest BCUT2D eigenvalue weighted by molar-refractivity contribution is 5.22. The van der Waals surface area contributed by atoms with Crippen LogP contribution in [-0.4, -0.2) is 13.6 Å². The van der Waals surface area contributed by atoms with Crippen molar-refractivity contribution in [3.05, 3.63) is 35.6 Å². The third-order valence-electron chi connectivity index (χ3n) is 2.81. The summed E-state index contributed by atoms with van der Waals surface area (Å²) in [4.78, 5) is 0. The predicted molar refractivity (Wildman–Crippen MR) is 62.5 cm³/mol. The maximum absolute atomic E-state index is 13.6. The molecule has 0 heterocycles. The summed E-state index contributed by atoms with van der Waals surface area (Å²) in [7, 11) is 1.93. The van der Waals surface area contributed by atoms with E-state index in [2.05, 4.69) is 19.2 Å². The van der Waals surface area contributed by atoms with Crippen molar-refractivity contribution in [3.8, 4) is 0 Å². The Bertz CT molecular complexity index is 296. The molecule has 1 nitrogen and oxygen atoms in total. The maximum atomic E-state index is 13.6. The second-order valence-corrected chi connectivity index (χ2v) is 4.26. The van der Waals surface area contributed by atoms with E-state index in [-0.39, 0.29) is 5.82 Å². The van der Waals surface area contributed by atoms with Crippen LogP contribution in [0.2, 0.25) is 0 Å². The molecule has 1 N–H and O–H groups in total. The topological polar surface area (TPSA) is 12.0 Å². The van der Waals surface area contributed by atoms with Crippen LogP contribution in [0.4, 0.5) is 4.39 Å². The van der Waals surface area contributed by atoms with E-state index in [1.54, 1.807) is 12.1 Å². The molecule has 1 atom stereocenters. The lowest BCUT2D eigenvalue weighted by Gasteiger charge is -2.21. The summed E-state index contributed by atoms with van der Waals surface area (Å²) >= 11 is 0. The zero-order valence-electron chi connectivity index (χ0n) is 9.76. The first-order chi connectivity index (χ1) is 7.16. The van der Waals surface area contributed by atoms with Gasteiger partial charge in [-0.25, -0.2) is 4.39 Å². The number of nitrogens with one attached hydrogen (secondary N) is 1. The van der Waals surface area contributed by atoms with Crippen LogP contribution in [-0.2, 0) is 0 Å². The third-order valence-corrected chi connectivity index (χ3v) is 2.81. The molecule has 0 amide bonds. The molecular formula is C13H20FN. The Morgan fingerprint density at radius 1 is 1.27 bits per heavy atom. The van der Waals surface area contributed by atoms with Crippen LogP contribution in [0.15, 0.2) is 24.3 Å². The fourth-order valence-electron chi connectivity index (χ4n) is 1.92. The molecule has 0 radical (unpaired) electrons. The number of hydrogen-bond acceptors (Lipinski definition) is 1. The molecule has 1 aromatic rings. The molecule has 2 heteroatoms. The van der Waals surface area contributed by atoms with E-state index in [0.717, 1.165) is 18.5 Å². The summed E-state index contributed by atoms with van der Waals surface area (Å²) in [6, 6.07) is 7.10. The van der Waals surface area contributed by atoms with E-state index in [1.165, 1.54) is 0 Å². The van der Waals surface area contributed by atoms with Crippen LogP contribution in [0.3, 0.4) is 0 Å². The minimum Gasteiger partial charge on any atom is -0.320 e. The van der Waals surface area contributed by atoms with E-state index >= 15 is 0 Å². The summed E-state index contributed by atoms with van der Waals surface area (Å²) in [5.41, 5.74) is 0.850. The monoisotopic (exact) mass is 209 g/mol. The van der Waals surface area contributed by atoms with E-state index in [9.17, 15) is 4.39 Å². The summed E-state index contributed by atoms with van der Waals surface area (Å²) in [5, 5.41) is 3.12. The molecule has 0 aliphatic carbocycles. The van der Waals surface area contributed by atoms with E-state index < -0.39 is 0 Å². The van der Waals surface area contributed by atoms with Gasteiger partial charge in [0, 0.05) is 0 Å².